The summed E-state index contributed by atoms with van der Waals surface area (Å²) in [6, 6.07) is 12.3. The van der Waals surface area contributed by atoms with Crippen LogP contribution in [0.3, 0.4) is 0 Å². The molecule has 0 radical (unpaired) electrons. The van der Waals surface area contributed by atoms with Gasteiger partial charge in [0, 0.05) is 31.7 Å². The van der Waals surface area contributed by atoms with Gasteiger partial charge in [-0.3, -0.25) is 4.90 Å². The molecule has 3 fully saturated rings. The molecule has 4 rings (SSSR count). The van der Waals surface area contributed by atoms with Gasteiger partial charge in [0.25, 0.3) is 0 Å². The molecule has 1 aromatic carbocycles. The second-order valence-electron chi connectivity index (χ2n) is 5.55. The molecule has 2 aliphatic heterocycles. The van der Waals surface area contributed by atoms with Crippen LogP contribution < -0.4 is 5.32 Å². The van der Waals surface area contributed by atoms with Crippen molar-refractivity contribution in [2.75, 3.05) is 19.6 Å². The summed E-state index contributed by atoms with van der Waals surface area (Å²) in [7, 11) is 0. The third-order valence-corrected chi connectivity index (χ3v) is 4.60. The van der Waals surface area contributed by atoms with Crippen molar-refractivity contribution in [3.63, 3.8) is 0 Å². The van der Waals surface area contributed by atoms with E-state index in [1.165, 1.54) is 31.6 Å². The molecule has 2 heterocycles. The molecule has 0 aromatic heterocycles. The number of fused-ring (bicyclic) bond motifs is 3. The maximum atomic E-state index is 3.72. The molecule has 0 bridgehead atoms. The first kappa shape index (κ1) is 9.20. The van der Waals surface area contributed by atoms with Gasteiger partial charge in [-0.05, 0) is 23.8 Å². The molecule has 4 unspecified atom stereocenters. The molecule has 1 N–H and O–H groups in total. The van der Waals surface area contributed by atoms with E-state index < -0.39 is 0 Å². The second kappa shape index (κ2) is 3.31. The van der Waals surface area contributed by atoms with E-state index in [-0.39, 0.29) is 0 Å². The minimum Gasteiger partial charge on any atom is -0.307 e. The van der Waals surface area contributed by atoms with Crippen LogP contribution in [0.2, 0.25) is 0 Å². The van der Waals surface area contributed by atoms with E-state index in [1.54, 1.807) is 0 Å². The van der Waals surface area contributed by atoms with E-state index in [0.29, 0.717) is 6.04 Å². The maximum absolute atomic E-state index is 3.72. The highest BCUT2D eigenvalue weighted by molar-refractivity contribution is 5.21. The van der Waals surface area contributed by atoms with Crippen LogP contribution in [0.4, 0.5) is 0 Å². The summed E-state index contributed by atoms with van der Waals surface area (Å²) in [5.74, 6) is 2.07. The van der Waals surface area contributed by atoms with Crippen molar-refractivity contribution in [1.29, 1.82) is 0 Å². The van der Waals surface area contributed by atoms with E-state index in [9.17, 15) is 0 Å². The van der Waals surface area contributed by atoms with Gasteiger partial charge in [-0.2, -0.15) is 0 Å². The van der Waals surface area contributed by atoms with Crippen LogP contribution in [0, 0.1) is 11.8 Å². The molecule has 1 saturated carbocycles. The summed E-state index contributed by atoms with van der Waals surface area (Å²) in [4.78, 5) is 2.72. The van der Waals surface area contributed by atoms with Crippen LogP contribution in [-0.4, -0.2) is 30.6 Å². The topological polar surface area (TPSA) is 15.3 Å². The Bertz CT molecular complexity index is 389. The quantitative estimate of drug-likeness (QED) is 0.764. The minimum absolute atomic E-state index is 0.551. The largest absolute Gasteiger partial charge is 0.307 e. The van der Waals surface area contributed by atoms with Gasteiger partial charge in [0.1, 0.15) is 0 Å². The van der Waals surface area contributed by atoms with Crippen molar-refractivity contribution < 1.29 is 0 Å². The Kier molecular flexibility index (Phi) is 1.91. The first-order chi connectivity index (χ1) is 7.92. The van der Waals surface area contributed by atoms with Crippen LogP contribution in [0.25, 0.3) is 0 Å². The Hall–Kier alpha value is -0.860. The van der Waals surface area contributed by atoms with Crippen molar-refractivity contribution >= 4 is 0 Å². The summed E-state index contributed by atoms with van der Waals surface area (Å²) < 4.78 is 0. The van der Waals surface area contributed by atoms with Gasteiger partial charge in [-0.1, -0.05) is 30.3 Å². The first-order valence-electron chi connectivity index (χ1n) is 6.44. The van der Waals surface area contributed by atoms with Crippen molar-refractivity contribution in [2.45, 2.75) is 18.5 Å². The predicted octanol–water partition coefficient (Wildman–Crippen LogP) is 1.65. The molecule has 1 aromatic rings. The van der Waals surface area contributed by atoms with Gasteiger partial charge >= 0.3 is 0 Å². The fourth-order valence-corrected chi connectivity index (χ4v) is 3.62. The van der Waals surface area contributed by atoms with Crippen LogP contribution in [0.5, 0.6) is 0 Å². The number of piperidine rings is 1. The molecule has 16 heavy (non-hydrogen) atoms. The number of hydrogen-bond donors (Lipinski definition) is 1. The van der Waals surface area contributed by atoms with Gasteiger partial charge in [0.05, 0.1) is 0 Å². The molecule has 84 valence electrons. The average molecular weight is 214 g/mol. The maximum Gasteiger partial charge on any atom is 0.0449 e. The van der Waals surface area contributed by atoms with E-state index in [4.69, 9.17) is 0 Å². The average Bonchev–Trinajstić information content (AvgIpc) is 3.02. The van der Waals surface area contributed by atoms with Crippen LogP contribution in [-0.2, 0) is 0 Å². The SMILES string of the molecule is c1ccc(C2CN3CC4CC4C3CN2)cc1. The third-order valence-electron chi connectivity index (χ3n) is 4.60. The summed E-state index contributed by atoms with van der Waals surface area (Å²) in [6.07, 6.45) is 1.50. The summed E-state index contributed by atoms with van der Waals surface area (Å²) in [6.45, 7) is 3.77. The summed E-state index contributed by atoms with van der Waals surface area (Å²) in [5.41, 5.74) is 1.45. The van der Waals surface area contributed by atoms with Crippen LogP contribution in [0.15, 0.2) is 30.3 Å². The van der Waals surface area contributed by atoms with Crippen molar-refractivity contribution in [1.82, 2.24) is 10.2 Å². The number of nitrogens with one attached hydrogen (secondary N) is 1. The van der Waals surface area contributed by atoms with Crippen molar-refractivity contribution in [3.8, 4) is 0 Å². The lowest BCUT2D eigenvalue weighted by molar-refractivity contribution is 0.149. The molecule has 1 aliphatic carbocycles. The molecule has 2 heteroatoms. The first-order valence-corrected chi connectivity index (χ1v) is 6.44. The van der Waals surface area contributed by atoms with Gasteiger partial charge in [0.15, 0.2) is 0 Å². The zero-order chi connectivity index (χ0) is 10.5. The highest BCUT2D eigenvalue weighted by atomic mass is 15.3. The Balaban J connectivity index is 1.53. The molecule has 3 aliphatic rings. The molecule has 0 amide bonds. The minimum atomic E-state index is 0.551. The van der Waals surface area contributed by atoms with E-state index in [1.807, 2.05) is 0 Å². The molecular formula is C14H18N2. The number of rotatable bonds is 1. The number of hydrogen-bond acceptors (Lipinski definition) is 2. The summed E-state index contributed by atoms with van der Waals surface area (Å²) in [5, 5.41) is 3.72. The Morgan fingerprint density at radius 2 is 2.00 bits per heavy atom. The lowest BCUT2D eigenvalue weighted by Crippen LogP contribution is -2.51. The third kappa shape index (κ3) is 1.33. The zero-order valence-electron chi connectivity index (χ0n) is 9.47. The van der Waals surface area contributed by atoms with Gasteiger partial charge in [0.2, 0.25) is 0 Å². The lowest BCUT2D eigenvalue weighted by Gasteiger charge is -2.38. The van der Waals surface area contributed by atoms with E-state index >= 15 is 0 Å². The lowest BCUT2D eigenvalue weighted by atomic mass is 10.0. The zero-order valence-corrected chi connectivity index (χ0v) is 9.47. The second-order valence-corrected chi connectivity index (χ2v) is 5.55. The van der Waals surface area contributed by atoms with Crippen molar-refractivity contribution in [2.24, 2.45) is 11.8 Å². The van der Waals surface area contributed by atoms with Crippen molar-refractivity contribution in [3.05, 3.63) is 35.9 Å². The molecule has 4 atom stereocenters. The standard InChI is InChI=1S/C14H18N2/c1-2-4-10(5-3-1)13-9-16-8-11-6-12(11)14(16)7-15-13/h1-5,11-15H,6-9H2. The van der Waals surface area contributed by atoms with Crippen LogP contribution >= 0.6 is 0 Å². The van der Waals surface area contributed by atoms with Gasteiger partial charge in [-0.15, -0.1) is 0 Å². The Labute approximate surface area is 96.6 Å². The fourth-order valence-electron chi connectivity index (χ4n) is 3.62. The molecule has 0 spiro atoms. The fraction of sp³-hybridized carbons (Fsp3) is 0.571. The number of benzene rings is 1. The van der Waals surface area contributed by atoms with Gasteiger partial charge < -0.3 is 5.32 Å². The van der Waals surface area contributed by atoms with Crippen LogP contribution in [0.1, 0.15) is 18.0 Å². The van der Waals surface area contributed by atoms with E-state index in [0.717, 1.165) is 17.9 Å². The van der Waals surface area contributed by atoms with E-state index in [2.05, 4.69) is 40.5 Å². The highest BCUT2D eigenvalue weighted by Crippen LogP contribution is 2.50. The highest BCUT2D eigenvalue weighted by Gasteiger charge is 2.53. The monoisotopic (exact) mass is 214 g/mol. The molecule has 2 saturated heterocycles. The predicted molar refractivity (Wildman–Crippen MR) is 64.1 cm³/mol. The number of nitrogens with zero attached hydrogens (tertiary/aromatic N) is 1. The van der Waals surface area contributed by atoms with Gasteiger partial charge in [-0.25, -0.2) is 0 Å². The summed E-state index contributed by atoms with van der Waals surface area (Å²) >= 11 is 0. The number of piperazine rings is 1. The smallest absolute Gasteiger partial charge is 0.0449 e. The molecule has 2 nitrogen and oxygen atoms in total. The molecular weight excluding hydrogens is 196 g/mol. The Morgan fingerprint density at radius 1 is 1.12 bits per heavy atom. The Morgan fingerprint density at radius 3 is 2.88 bits per heavy atom. The normalized spacial score (nSPS) is 41.5.